The lowest BCUT2D eigenvalue weighted by Gasteiger charge is -2.17. The van der Waals surface area contributed by atoms with Crippen molar-refractivity contribution < 1.29 is 0 Å². The maximum Gasteiger partial charge on any atom is 0.167 e. The Balaban J connectivity index is 0.000000784. The van der Waals surface area contributed by atoms with Crippen molar-refractivity contribution in [3.63, 3.8) is 0 Å². The summed E-state index contributed by atoms with van der Waals surface area (Å²) in [6.07, 6.45) is 8.38. The van der Waals surface area contributed by atoms with Gasteiger partial charge < -0.3 is 4.57 Å². The van der Waals surface area contributed by atoms with Crippen LogP contribution in [-0.4, -0.2) is 37.2 Å². The number of rotatable bonds is 4. The largest absolute Gasteiger partial charge is 0.329 e. The van der Waals surface area contributed by atoms with E-state index in [1.54, 1.807) is 0 Å². The molecule has 0 aromatic carbocycles. The molecule has 2 unspecified atom stereocenters. The maximum absolute atomic E-state index is 5.85. The van der Waals surface area contributed by atoms with Crippen LogP contribution in [0.25, 0.3) is 0 Å². The molecule has 0 radical (unpaired) electrons. The molecule has 2 aromatic rings. The number of aryl methyl sites for hydroxylation is 1. The summed E-state index contributed by atoms with van der Waals surface area (Å²) >= 11 is 9.61. The minimum Gasteiger partial charge on any atom is -0.329 e. The van der Waals surface area contributed by atoms with Crippen LogP contribution >= 0.6 is 35.3 Å². The maximum atomic E-state index is 5.85. The Labute approximate surface area is 171 Å². The molecule has 3 heterocycles. The van der Waals surface area contributed by atoms with E-state index in [2.05, 4.69) is 25.9 Å². The Morgan fingerprint density at radius 3 is 2.35 bits per heavy atom. The fourth-order valence-corrected chi connectivity index (χ4v) is 6.06. The van der Waals surface area contributed by atoms with Crippen LogP contribution in [0, 0.1) is 11.8 Å². The minimum atomic E-state index is 0. The topological polar surface area (TPSA) is 34.0 Å². The Morgan fingerprint density at radius 2 is 1.81 bits per heavy atom. The van der Waals surface area contributed by atoms with Crippen LogP contribution in [-0.2, 0) is 7.05 Å². The zero-order valence-corrected chi connectivity index (χ0v) is 17.3. The Hall–Kier alpha value is -0.690. The van der Waals surface area contributed by atoms with Gasteiger partial charge in [-0.2, -0.15) is 0 Å². The Kier molecular flexibility index (Phi) is 8.33. The van der Waals surface area contributed by atoms with E-state index < -0.39 is 0 Å². The van der Waals surface area contributed by atoms with Gasteiger partial charge in [0, 0.05) is 48.9 Å². The number of aromatic nitrogens is 3. The second-order valence-electron chi connectivity index (χ2n) is 6.31. The molecule has 1 saturated carbocycles. The number of fused-ring (bicyclic) bond motifs is 1. The molecule has 4 rings (SSSR count). The molecule has 4 nitrogen and oxygen atoms in total. The highest BCUT2D eigenvalue weighted by molar-refractivity contribution is 7.99. The van der Waals surface area contributed by atoms with Gasteiger partial charge in [0.25, 0.3) is 0 Å². The second-order valence-corrected chi connectivity index (χ2v) is 9.13. The van der Waals surface area contributed by atoms with Crippen LogP contribution in [0.2, 0.25) is 5.15 Å². The van der Waals surface area contributed by atoms with Crippen molar-refractivity contribution in [3.05, 3.63) is 35.9 Å². The first-order chi connectivity index (χ1) is 12.2. The number of nitrogens with zero attached hydrogens (tertiary/aromatic N) is 4. The lowest BCUT2D eigenvalue weighted by Crippen LogP contribution is -2.15. The fraction of sp³-hybridized carbons (Fsp3) is 0.579. The van der Waals surface area contributed by atoms with Crippen molar-refractivity contribution in [1.82, 2.24) is 18.8 Å². The summed E-state index contributed by atoms with van der Waals surface area (Å²) in [5, 5.41) is 2.42. The molecule has 1 aliphatic carbocycles. The number of halogens is 1. The number of pyridine rings is 1. The summed E-state index contributed by atoms with van der Waals surface area (Å²) in [5.41, 5.74) is 0. The third-order valence-corrected chi connectivity index (χ3v) is 7.21. The van der Waals surface area contributed by atoms with Crippen LogP contribution in [0.3, 0.4) is 0 Å². The average molecular weight is 413 g/mol. The standard InChI is InChI=1S/C16H19ClN4S2.C2H6.CH4/c1-20-5-4-18-16(20)22-14-6-11-9-21(10-12(11)7-14)23-13-2-3-15(17)19-8-13;1-2;/h2-5,8,11-12,14H,6-7,9-10H2,1H3;1-2H3;1H4/t11-,12?,14?;;/m1../s1. The van der Waals surface area contributed by atoms with Crippen molar-refractivity contribution in [2.75, 3.05) is 13.1 Å². The van der Waals surface area contributed by atoms with Gasteiger partial charge in [0.15, 0.2) is 5.16 Å². The van der Waals surface area contributed by atoms with Gasteiger partial charge in [0.1, 0.15) is 5.15 Å². The number of imidazole rings is 1. The first-order valence-corrected chi connectivity index (χ1v) is 10.9. The molecule has 144 valence electrons. The number of hydrogen-bond donors (Lipinski definition) is 0. The Bertz CT molecular complexity index is 662. The van der Waals surface area contributed by atoms with Gasteiger partial charge in [-0.05, 0) is 48.8 Å². The van der Waals surface area contributed by atoms with Gasteiger partial charge in [-0.1, -0.05) is 44.6 Å². The van der Waals surface area contributed by atoms with E-state index >= 15 is 0 Å². The SMILES string of the molecule is C.CC.Cn1ccnc1SC1CC2CN(Sc3ccc(Cl)nc3)C[C@H]2C1. The summed E-state index contributed by atoms with van der Waals surface area (Å²) in [6, 6.07) is 3.91. The summed E-state index contributed by atoms with van der Waals surface area (Å²) in [4.78, 5) is 9.78. The molecular weight excluding hydrogens is 384 g/mol. The molecule has 2 fully saturated rings. The van der Waals surface area contributed by atoms with Gasteiger partial charge in [-0.15, -0.1) is 0 Å². The van der Waals surface area contributed by atoms with Gasteiger partial charge >= 0.3 is 0 Å². The van der Waals surface area contributed by atoms with Gasteiger partial charge in [-0.3, -0.25) is 0 Å². The van der Waals surface area contributed by atoms with E-state index in [0.29, 0.717) is 5.15 Å². The van der Waals surface area contributed by atoms with Crippen LogP contribution in [0.15, 0.2) is 40.8 Å². The smallest absolute Gasteiger partial charge is 0.167 e. The summed E-state index contributed by atoms with van der Waals surface area (Å²) in [6.45, 7) is 6.35. The molecule has 3 atom stereocenters. The van der Waals surface area contributed by atoms with E-state index in [0.717, 1.165) is 22.2 Å². The highest BCUT2D eigenvalue weighted by atomic mass is 35.5. The molecule has 0 bridgehead atoms. The predicted molar refractivity (Wildman–Crippen MR) is 114 cm³/mol. The van der Waals surface area contributed by atoms with Crippen LogP contribution in [0.5, 0.6) is 0 Å². The second kappa shape index (κ2) is 10.0. The molecule has 1 aliphatic heterocycles. The van der Waals surface area contributed by atoms with E-state index in [1.165, 1.54) is 30.8 Å². The molecule has 1 saturated heterocycles. The third kappa shape index (κ3) is 5.18. The van der Waals surface area contributed by atoms with Crippen molar-refractivity contribution in [1.29, 1.82) is 0 Å². The van der Waals surface area contributed by atoms with Crippen molar-refractivity contribution >= 4 is 35.3 Å². The average Bonchev–Trinajstić information content (AvgIpc) is 3.28. The molecule has 2 aliphatic rings. The summed E-state index contributed by atoms with van der Waals surface area (Å²) in [5.74, 6) is 1.64. The molecule has 7 heteroatoms. The first-order valence-electron chi connectivity index (χ1n) is 8.86. The highest BCUT2D eigenvalue weighted by Crippen LogP contribution is 2.46. The quantitative estimate of drug-likeness (QED) is 0.479. The zero-order valence-electron chi connectivity index (χ0n) is 14.9. The van der Waals surface area contributed by atoms with Crippen LogP contribution in [0.4, 0.5) is 0 Å². The lowest BCUT2D eigenvalue weighted by molar-refractivity contribution is 0.494. The normalized spacial score (nSPS) is 24.5. The van der Waals surface area contributed by atoms with Crippen molar-refractivity contribution in [3.8, 4) is 0 Å². The van der Waals surface area contributed by atoms with Crippen LogP contribution in [0.1, 0.15) is 34.1 Å². The highest BCUT2D eigenvalue weighted by Gasteiger charge is 2.41. The van der Waals surface area contributed by atoms with Crippen molar-refractivity contribution in [2.24, 2.45) is 18.9 Å². The van der Waals surface area contributed by atoms with E-state index in [9.17, 15) is 0 Å². The molecule has 0 N–H and O–H groups in total. The number of thioether (sulfide) groups is 1. The molecule has 0 spiro atoms. The van der Waals surface area contributed by atoms with E-state index in [4.69, 9.17) is 11.6 Å². The lowest BCUT2D eigenvalue weighted by atomic mass is 10.0. The molecule has 26 heavy (non-hydrogen) atoms. The molecule has 0 amide bonds. The van der Waals surface area contributed by atoms with E-state index in [-0.39, 0.29) is 7.43 Å². The van der Waals surface area contributed by atoms with Gasteiger partial charge in [0.2, 0.25) is 0 Å². The minimum absolute atomic E-state index is 0. The van der Waals surface area contributed by atoms with E-state index in [1.807, 2.05) is 68.3 Å². The van der Waals surface area contributed by atoms with Crippen LogP contribution < -0.4 is 0 Å². The molecular formula is C19H29ClN4S2. The van der Waals surface area contributed by atoms with Gasteiger partial charge in [0.05, 0.1) is 0 Å². The molecule has 2 aromatic heterocycles. The van der Waals surface area contributed by atoms with Gasteiger partial charge in [-0.25, -0.2) is 14.3 Å². The predicted octanol–water partition coefficient (Wildman–Crippen LogP) is 5.64. The zero-order chi connectivity index (χ0) is 17.8. The Morgan fingerprint density at radius 1 is 1.12 bits per heavy atom. The third-order valence-electron chi connectivity index (χ3n) is 4.66. The van der Waals surface area contributed by atoms with Crippen molar-refractivity contribution in [2.45, 2.75) is 49.4 Å². The summed E-state index contributed by atoms with van der Waals surface area (Å²) < 4.78 is 4.61. The first kappa shape index (κ1) is 21.6. The monoisotopic (exact) mass is 412 g/mol. The fourth-order valence-electron chi connectivity index (χ4n) is 3.55. The summed E-state index contributed by atoms with van der Waals surface area (Å²) in [7, 11) is 2.07. The number of hydrogen-bond acceptors (Lipinski definition) is 5.